The molecule has 1 saturated carbocycles. The molecule has 0 bridgehead atoms. The summed E-state index contributed by atoms with van der Waals surface area (Å²) in [5.41, 5.74) is 0.786. The fourth-order valence-corrected chi connectivity index (χ4v) is 1.84. The summed E-state index contributed by atoms with van der Waals surface area (Å²) in [7, 11) is 0. The molecule has 0 saturated heterocycles. The van der Waals surface area contributed by atoms with E-state index in [0.717, 1.165) is 24.3 Å². The lowest BCUT2D eigenvalue weighted by Crippen LogP contribution is -2.02. The summed E-state index contributed by atoms with van der Waals surface area (Å²) < 4.78 is 1.95. The van der Waals surface area contributed by atoms with Gasteiger partial charge in [0.1, 0.15) is 0 Å². The van der Waals surface area contributed by atoms with Gasteiger partial charge in [0.15, 0.2) is 11.6 Å². The standard InChI is InChI=1S/C10H13N3O/c14-9-2-1-5-11-10-8(9)6-13(12-10)7-3-4-7/h6-7H,1-5H2,(H,11,12). The van der Waals surface area contributed by atoms with E-state index in [9.17, 15) is 4.79 Å². The third-order valence-electron chi connectivity index (χ3n) is 2.83. The molecule has 0 unspecified atom stereocenters. The molecule has 4 heteroatoms. The van der Waals surface area contributed by atoms with Gasteiger partial charge in [-0.3, -0.25) is 9.48 Å². The second-order valence-electron chi connectivity index (χ2n) is 4.06. The van der Waals surface area contributed by atoms with Crippen molar-refractivity contribution in [3.05, 3.63) is 11.8 Å². The van der Waals surface area contributed by atoms with Gasteiger partial charge in [-0.2, -0.15) is 5.10 Å². The Hall–Kier alpha value is -1.32. The summed E-state index contributed by atoms with van der Waals surface area (Å²) in [6, 6.07) is 0.552. The summed E-state index contributed by atoms with van der Waals surface area (Å²) in [5, 5.41) is 7.61. The zero-order chi connectivity index (χ0) is 9.54. The smallest absolute Gasteiger partial charge is 0.168 e. The average Bonchev–Trinajstić information content (AvgIpc) is 2.96. The van der Waals surface area contributed by atoms with Crippen molar-refractivity contribution >= 4 is 11.6 Å². The minimum Gasteiger partial charge on any atom is -0.368 e. The zero-order valence-corrected chi connectivity index (χ0v) is 7.99. The zero-order valence-electron chi connectivity index (χ0n) is 7.99. The van der Waals surface area contributed by atoms with Crippen LogP contribution in [0.5, 0.6) is 0 Å². The predicted octanol–water partition coefficient (Wildman–Crippen LogP) is 1.61. The van der Waals surface area contributed by atoms with Crippen LogP contribution in [0, 0.1) is 0 Å². The molecule has 0 atom stereocenters. The van der Waals surface area contributed by atoms with Crippen LogP contribution in [0.3, 0.4) is 0 Å². The summed E-state index contributed by atoms with van der Waals surface area (Å²) in [5.74, 6) is 1.02. The number of nitrogens with one attached hydrogen (secondary N) is 1. The molecule has 1 aliphatic carbocycles. The number of aromatic nitrogens is 2. The van der Waals surface area contributed by atoms with Crippen molar-refractivity contribution in [1.29, 1.82) is 0 Å². The fraction of sp³-hybridized carbons (Fsp3) is 0.600. The van der Waals surface area contributed by atoms with Crippen LogP contribution in [0.2, 0.25) is 0 Å². The summed E-state index contributed by atoms with van der Waals surface area (Å²) in [6.07, 6.45) is 5.88. The Morgan fingerprint density at radius 3 is 3.14 bits per heavy atom. The third-order valence-corrected chi connectivity index (χ3v) is 2.83. The van der Waals surface area contributed by atoms with Crippen LogP contribution in [0.1, 0.15) is 42.1 Å². The Balaban J connectivity index is 2.00. The molecule has 4 nitrogen and oxygen atoms in total. The van der Waals surface area contributed by atoms with Gasteiger partial charge < -0.3 is 5.32 Å². The van der Waals surface area contributed by atoms with Gasteiger partial charge in [-0.05, 0) is 19.3 Å². The molecule has 0 amide bonds. The predicted molar refractivity (Wildman–Crippen MR) is 52.6 cm³/mol. The highest BCUT2D eigenvalue weighted by Crippen LogP contribution is 2.35. The van der Waals surface area contributed by atoms with Crippen LogP contribution in [-0.2, 0) is 0 Å². The number of carbonyl (C=O) groups excluding carboxylic acids is 1. The molecule has 14 heavy (non-hydrogen) atoms. The fourth-order valence-electron chi connectivity index (χ4n) is 1.84. The van der Waals surface area contributed by atoms with Gasteiger partial charge in [-0.15, -0.1) is 0 Å². The topological polar surface area (TPSA) is 46.9 Å². The third kappa shape index (κ3) is 1.22. The van der Waals surface area contributed by atoms with Crippen molar-refractivity contribution in [1.82, 2.24) is 9.78 Å². The minimum atomic E-state index is 0.233. The Morgan fingerprint density at radius 1 is 1.50 bits per heavy atom. The molecular weight excluding hydrogens is 178 g/mol. The van der Waals surface area contributed by atoms with Crippen LogP contribution < -0.4 is 5.32 Å². The number of ketones is 1. The molecule has 1 fully saturated rings. The number of nitrogens with zero attached hydrogens (tertiary/aromatic N) is 2. The van der Waals surface area contributed by atoms with Crippen molar-refractivity contribution < 1.29 is 4.79 Å². The van der Waals surface area contributed by atoms with Crippen LogP contribution >= 0.6 is 0 Å². The van der Waals surface area contributed by atoms with E-state index in [-0.39, 0.29) is 5.78 Å². The second-order valence-corrected chi connectivity index (χ2v) is 4.06. The number of anilines is 1. The van der Waals surface area contributed by atoms with Crippen molar-refractivity contribution in [2.45, 2.75) is 31.7 Å². The maximum atomic E-state index is 11.7. The Morgan fingerprint density at radius 2 is 2.36 bits per heavy atom. The first-order valence-electron chi connectivity index (χ1n) is 5.21. The van der Waals surface area contributed by atoms with Crippen molar-refractivity contribution in [2.24, 2.45) is 0 Å². The first-order valence-corrected chi connectivity index (χ1v) is 5.21. The van der Waals surface area contributed by atoms with Crippen molar-refractivity contribution in [2.75, 3.05) is 11.9 Å². The number of Topliss-reactive ketones (excluding diaryl/α,β-unsaturated/α-hetero) is 1. The van der Waals surface area contributed by atoms with Gasteiger partial charge in [0.05, 0.1) is 11.6 Å². The molecular formula is C10H13N3O. The van der Waals surface area contributed by atoms with E-state index < -0.39 is 0 Å². The SMILES string of the molecule is O=C1CCCNc2nn(C3CC3)cc21. The summed E-state index contributed by atoms with van der Waals surface area (Å²) in [6.45, 7) is 0.862. The van der Waals surface area contributed by atoms with Crippen molar-refractivity contribution in [3.8, 4) is 0 Å². The highest BCUT2D eigenvalue weighted by atomic mass is 16.1. The highest BCUT2D eigenvalue weighted by Gasteiger charge is 2.27. The lowest BCUT2D eigenvalue weighted by atomic mass is 10.1. The second kappa shape index (κ2) is 2.83. The first-order chi connectivity index (χ1) is 6.84. The molecule has 1 aromatic rings. The molecule has 74 valence electrons. The van der Waals surface area contributed by atoms with Crippen LogP contribution in [0.15, 0.2) is 6.20 Å². The molecule has 0 aromatic carbocycles. The Bertz CT molecular complexity index is 379. The normalized spacial score (nSPS) is 21.3. The quantitative estimate of drug-likeness (QED) is 0.733. The maximum Gasteiger partial charge on any atom is 0.168 e. The number of hydrogen-bond donors (Lipinski definition) is 1. The van der Waals surface area contributed by atoms with Crippen LogP contribution in [-0.4, -0.2) is 22.1 Å². The Kier molecular flexibility index (Phi) is 1.63. The summed E-state index contributed by atoms with van der Waals surface area (Å²) >= 11 is 0. The molecule has 1 aromatic heterocycles. The Labute approximate surface area is 82.3 Å². The van der Waals surface area contributed by atoms with Gasteiger partial charge in [-0.25, -0.2) is 0 Å². The van der Waals surface area contributed by atoms with Crippen LogP contribution in [0.4, 0.5) is 5.82 Å². The lowest BCUT2D eigenvalue weighted by Gasteiger charge is -1.98. The summed E-state index contributed by atoms with van der Waals surface area (Å²) in [4.78, 5) is 11.7. The van der Waals surface area contributed by atoms with Gasteiger partial charge in [-0.1, -0.05) is 0 Å². The number of hydrogen-bond acceptors (Lipinski definition) is 3. The van der Waals surface area contributed by atoms with E-state index in [1.807, 2.05) is 10.9 Å². The maximum absolute atomic E-state index is 11.7. The van der Waals surface area contributed by atoms with E-state index in [4.69, 9.17) is 0 Å². The van der Waals surface area contributed by atoms with E-state index in [0.29, 0.717) is 12.5 Å². The molecule has 0 radical (unpaired) electrons. The van der Waals surface area contributed by atoms with Gasteiger partial charge >= 0.3 is 0 Å². The molecule has 2 heterocycles. The average molecular weight is 191 g/mol. The number of fused-ring (bicyclic) bond motifs is 1. The largest absolute Gasteiger partial charge is 0.368 e. The molecule has 1 aliphatic heterocycles. The number of carbonyl (C=O) groups is 1. The van der Waals surface area contributed by atoms with Gasteiger partial charge in [0.25, 0.3) is 0 Å². The van der Waals surface area contributed by atoms with E-state index in [2.05, 4.69) is 10.4 Å². The molecule has 1 N–H and O–H groups in total. The molecule has 2 aliphatic rings. The monoisotopic (exact) mass is 191 g/mol. The number of rotatable bonds is 1. The highest BCUT2D eigenvalue weighted by molar-refractivity contribution is 6.00. The first kappa shape index (κ1) is 8.03. The van der Waals surface area contributed by atoms with Gasteiger partial charge in [0.2, 0.25) is 0 Å². The van der Waals surface area contributed by atoms with Crippen molar-refractivity contribution in [3.63, 3.8) is 0 Å². The minimum absolute atomic E-state index is 0.233. The van der Waals surface area contributed by atoms with E-state index in [1.165, 1.54) is 12.8 Å². The van der Waals surface area contributed by atoms with E-state index >= 15 is 0 Å². The molecule has 0 spiro atoms. The van der Waals surface area contributed by atoms with Gasteiger partial charge in [0, 0.05) is 19.2 Å². The van der Waals surface area contributed by atoms with E-state index in [1.54, 1.807) is 0 Å². The lowest BCUT2D eigenvalue weighted by molar-refractivity contribution is 0.0983. The van der Waals surface area contributed by atoms with Crippen LogP contribution in [0.25, 0.3) is 0 Å². The molecule has 3 rings (SSSR count).